The fourth-order valence-electron chi connectivity index (χ4n) is 5.75. The zero-order valence-corrected chi connectivity index (χ0v) is 32.3. The number of nitrogens with two attached hydrogens (primary N) is 1. The summed E-state index contributed by atoms with van der Waals surface area (Å²) in [6.07, 6.45) is 3.05. The van der Waals surface area contributed by atoms with Gasteiger partial charge in [-0.25, -0.2) is 24.4 Å². The fourth-order valence-corrected chi connectivity index (χ4v) is 5.75. The molecule has 1 atom stereocenters. The number of aliphatic imine (C=N–C) groups is 1. The van der Waals surface area contributed by atoms with E-state index in [0.29, 0.717) is 10.5 Å². The molecule has 61 heavy (non-hydrogen) atoms. The number of urea groups is 1. The number of nitro groups is 1. The van der Waals surface area contributed by atoms with E-state index in [1.54, 1.807) is 13.8 Å². The Morgan fingerprint density at radius 1 is 0.820 bits per heavy atom. The quantitative estimate of drug-likeness (QED) is 0.0307. The molecule has 21 nitrogen and oxygen atoms in total. The van der Waals surface area contributed by atoms with Crippen molar-refractivity contribution in [2.75, 3.05) is 21.7 Å². The highest BCUT2D eigenvalue weighted by Gasteiger charge is 2.34. The first-order valence-corrected chi connectivity index (χ1v) is 18.2. The Balaban J connectivity index is 1.29. The number of nitrogens with one attached hydrogen (secondary N) is 3. The van der Waals surface area contributed by atoms with Crippen LogP contribution < -0.4 is 36.2 Å². The van der Waals surface area contributed by atoms with Crippen molar-refractivity contribution >= 4 is 82.0 Å². The molecule has 0 aromatic heterocycles. The standard InChI is InChI=1S/C40H36N8O13/c1-22(2)35(45-36(53)24-7-14-29(46-31(49)15-16-32(46)50)30(20-24)47-33(51)17-18-34(47)52)38(55)44-28(4-3-19-42-39(41)56)37(54)43-25-8-5-23(6-9-25)21-60-40(57)61-27-12-10-26(11-13-27)48(58)59/h5-18,20,22,28H,3-4,19,21H2,1-2H3,(H,43,54)(H,44,55)(H3,41,42,56)/t28-/m0/s1. The molecule has 9 amide bonds. The summed E-state index contributed by atoms with van der Waals surface area (Å²) >= 11 is 0. The molecule has 5 N–H and O–H groups in total. The van der Waals surface area contributed by atoms with E-state index < -0.39 is 70.4 Å². The molecule has 0 radical (unpaired) electrons. The lowest BCUT2D eigenvalue weighted by atomic mass is 10.0. The van der Waals surface area contributed by atoms with Crippen LogP contribution in [-0.4, -0.2) is 76.8 Å². The van der Waals surface area contributed by atoms with Gasteiger partial charge in [-0.3, -0.25) is 43.7 Å². The molecule has 2 heterocycles. The summed E-state index contributed by atoms with van der Waals surface area (Å²) in [7, 11) is 0. The van der Waals surface area contributed by atoms with E-state index in [1.165, 1.54) is 48.5 Å². The number of carbonyl (C=O) groups excluding carboxylic acids is 9. The lowest BCUT2D eigenvalue weighted by molar-refractivity contribution is -0.384. The first kappa shape index (κ1) is 43.8. The minimum atomic E-state index is -1.24. The molecular formula is C40H36N8O13. The average Bonchev–Trinajstić information content (AvgIpc) is 3.74. The SMILES string of the molecule is CC(C)C(=NC(=O)c1ccc(N2C(=O)C=CC2=O)c(N2C(=O)C=CC2=O)c1)C(=O)N[C@@H](CCCNC(N)=O)C(=O)Nc1ccc(COC(=O)Oc2ccc([N+](=O)[O-])cc2)cc1. The third kappa shape index (κ3) is 11.2. The highest BCUT2D eigenvalue weighted by molar-refractivity contribution is 6.42. The van der Waals surface area contributed by atoms with E-state index >= 15 is 0 Å². The van der Waals surface area contributed by atoms with E-state index in [1.807, 2.05) is 0 Å². The van der Waals surface area contributed by atoms with Crippen molar-refractivity contribution < 1.29 is 57.5 Å². The zero-order valence-electron chi connectivity index (χ0n) is 32.3. The number of rotatable bonds is 16. The van der Waals surface area contributed by atoms with Gasteiger partial charge in [0.2, 0.25) is 5.91 Å². The average molecular weight is 837 g/mol. The van der Waals surface area contributed by atoms with Crippen LogP contribution in [0.3, 0.4) is 0 Å². The van der Waals surface area contributed by atoms with Gasteiger partial charge in [-0.1, -0.05) is 26.0 Å². The van der Waals surface area contributed by atoms with Gasteiger partial charge in [0.1, 0.15) is 24.1 Å². The number of anilines is 3. The van der Waals surface area contributed by atoms with Gasteiger partial charge in [-0.15, -0.1) is 0 Å². The second-order valence-corrected chi connectivity index (χ2v) is 13.4. The summed E-state index contributed by atoms with van der Waals surface area (Å²) in [5.41, 5.74) is 4.81. The van der Waals surface area contributed by atoms with Crippen LogP contribution in [0.4, 0.5) is 32.3 Å². The van der Waals surface area contributed by atoms with Crippen LogP contribution >= 0.6 is 0 Å². The second-order valence-electron chi connectivity index (χ2n) is 13.4. The van der Waals surface area contributed by atoms with E-state index in [-0.39, 0.29) is 65.8 Å². The van der Waals surface area contributed by atoms with Crippen molar-refractivity contribution in [3.05, 3.63) is 112 Å². The predicted molar refractivity (Wildman–Crippen MR) is 214 cm³/mol. The number of carbonyl (C=O) groups is 9. The summed E-state index contributed by atoms with van der Waals surface area (Å²) in [6, 6.07) is 12.3. The second kappa shape index (κ2) is 19.4. The number of hydrogen-bond donors (Lipinski definition) is 4. The molecule has 314 valence electrons. The zero-order chi connectivity index (χ0) is 44.4. The van der Waals surface area contributed by atoms with Gasteiger partial charge in [0, 0.05) is 60.2 Å². The Labute approximate surface area is 345 Å². The molecule has 0 bridgehead atoms. The Bertz CT molecular complexity index is 2370. The number of hydrogen-bond acceptors (Lipinski definition) is 13. The lowest BCUT2D eigenvalue weighted by Crippen LogP contribution is -2.47. The van der Waals surface area contributed by atoms with Crippen LogP contribution in [0.25, 0.3) is 0 Å². The van der Waals surface area contributed by atoms with Gasteiger partial charge in [-0.2, -0.15) is 0 Å². The summed E-state index contributed by atoms with van der Waals surface area (Å²) < 4.78 is 10.1. The molecule has 0 saturated heterocycles. The first-order chi connectivity index (χ1) is 29.0. The number of ether oxygens (including phenoxy) is 2. The Hall–Kier alpha value is -8.36. The maximum absolute atomic E-state index is 13.7. The van der Waals surface area contributed by atoms with Crippen molar-refractivity contribution in [1.29, 1.82) is 0 Å². The third-order valence-electron chi connectivity index (χ3n) is 8.74. The molecule has 2 aliphatic heterocycles. The van der Waals surface area contributed by atoms with Gasteiger partial charge in [0.05, 0.1) is 16.3 Å². The van der Waals surface area contributed by atoms with Crippen molar-refractivity contribution in [3.63, 3.8) is 0 Å². The largest absolute Gasteiger partial charge is 0.514 e. The highest BCUT2D eigenvalue weighted by atomic mass is 16.7. The highest BCUT2D eigenvalue weighted by Crippen LogP contribution is 2.35. The summed E-state index contributed by atoms with van der Waals surface area (Å²) in [5, 5.41) is 18.5. The van der Waals surface area contributed by atoms with Gasteiger partial charge in [0.15, 0.2) is 0 Å². The third-order valence-corrected chi connectivity index (χ3v) is 8.74. The van der Waals surface area contributed by atoms with E-state index in [0.717, 1.165) is 47.4 Å². The maximum Gasteiger partial charge on any atom is 0.514 e. The molecule has 3 aromatic rings. The lowest BCUT2D eigenvalue weighted by Gasteiger charge is -2.23. The molecule has 0 unspecified atom stereocenters. The van der Waals surface area contributed by atoms with Crippen LogP contribution in [0.15, 0.2) is 96.0 Å². The van der Waals surface area contributed by atoms with Crippen LogP contribution in [0.2, 0.25) is 0 Å². The molecule has 2 aliphatic rings. The molecule has 0 spiro atoms. The number of benzene rings is 3. The topological polar surface area (TPSA) is 296 Å². The number of nitro benzene ring substituents is 1. The normalized spacial score (nSPS) is 14.0. The van der Waals surface area contributed by atoms with Crippen LogP contribution in [-0.2, 0) is 40.1 Å². The van der Waals surface area contributed by atoms with Crippen molar-refractivity contribution in [2.45, 2.75) is 39.3 Å². The predicted octanol–water partition coefficient (Wildman–Crippen LogP) is 2.98. The van der Waals surface area contributed by atoms with Crippen molar-refractivity contribution in [1.82, 2.24) is 10.6 Å². The van der Waals surface area contributed by atoms with Gasteiger partial charge < -0.3 is 31.2 Å². The van der Waals surface area contributed by atoms with Crippen LogP contribution in [0.5, 0.6) is 5.75 Å². The molecule has 21 heteroatoms. The molecular weight excluding hydrogens is 800 g/mol. The number of non-ortho nitro benzene ring substituents is 1. The summed E-state index contributed by atoms with van der Waals surface area (Å²) in [5.74, 6) is -6.33. The maximum atomic E-state index is 13.7. The fraction of sp³-hybridized carbons (Fsp3) is 0.200. The van der Waals surface area contributed by atoms with Crippen LogP contribution in [0.1, 0.15) is 42.6 Å². The molecule has 3 aromatic carbocycles. The molecule has 0 fully saturated rings. The van der Waals surface area contributed by atoms with Crippen molar-refractivity contribution in [2.24, 2.45) is 16.6 Å². The summed E-state index contributed by atoms with van der Waals surface area (Å²) in [4.78, 5) is 130. The van der Waals surface area contributed by atoms with E-state index in [9.17, 15) is 53.3 Å². The van der Waals surface area contributed by atoms with Gasteiger partial charge in [0.25, 0.3) is 41.1 Å². The summed E-state index contributed by atoms with van der Waals surface area (Å²) in [6.45, 7) is 2.96. The van der Waals surface area contributed by atoms with Gasteiger partial charge in [-0.05, 0) is 60.9 Å². The molecule has 0 saturated carbocycles. The Morgan fingerprint density at radius 3 is 1.97 bits per heavy atom. The van der Waals surface area contributed by atoms with Crippen molar-refractivity contribution in [3.8, 4) is 5.75 Å². The number of imide groups is 2. The number of amides is 9. The smallest absolute Gasteiger partial charge is 0.429 e. The first-order valence-electron chi connectivity index (χ1n) is 18.2. The minimum absolute atomic E-state index is 0.0144. The number of nitrogens with zero attached hydrogens (tertiary/aromatic N) is 4. The number of primary amides is 1. The Kier molecular flexibility index (Phi) is 13.9. The van der Waals surface area contributed by atoms with E-state index in [2.05, 4.69) is 20.9 Å². The minimum Gasteiger partial charge on any atom is -0.429 e. The van der Waals surface area contributed by atoms with Gasteiger partial charge >= 0.3 is 12.2 Å². The Morgan fingerprint density at radius 2 is 1.41 bits per heavy atom. The monoisotopic (exact) mass is 836 g/mol. The van der Waals surface area contributed by atoms with E-state index in [4.69, 9.17) is 15.2 Å². The molecule has 0 aliphatic carbocycles. The van der Waals surface area contributed by atoms with Crippen LogP contribution in [0, 0.1) is 16.0 Å². The molecule has 5 rings (SSSR count).